The number of nitrogens with one attached hydrogen (secondary N) is 1. The Morgan fingerprint density at radius 3 is 2.78 bits per heavy atom. The fraction of sp³-hybridized carbons (Fsp3) is 0.400. The fourth-order valence-electron chi connectivity index (χ4n) is 2.61. The second-order valence-corrected chi connectivity index (χ2v) is 5.02. The molecule has 3 nitrogen and oxygen atoms in total. The van der Waals surface area contributed by atoms with E-state index < -0.39 is 0 Å². The number of hydrogen-bond acceptors (Lipinski definition) is 2. The summed E-state index contributed by atoms with van der Waals surface area (Å²) in [4.78, 5) is 14.5. The molecule has 3 heteroatoms. The van der Waals surface area contributed by atoms with Gasteiger partial charge in [0.05, 0.1) is 0 Å². The Hall–Kier alpha value is -1.61. The Morgan fingerprint density at radius 1 is 1.28 bits per heavy atom. The van der Waals surface area contributed by atoms with Crippen molar-refractivity contribution in [3.8, 4) is 0 Å². The Kier molecular flexibility index (Phi) is 2.92. The number of rotatable bonds is 1. The third-order valence-electron chi connectivity index (χ3n) is 3.88. The van der Waals surface area contributed by atoms with Crippen molar-refractivity contribution in [2.45, 2.75) is 19.8 Å². The molecule has 0 saturated carbocycles. The molecule has 2 aliphatic rings. The lowest BCUT2D eigenvalue weighted by molar-refractivity contribution is -0.115. The highest BCUT2D eigenvalue weighted by Gasteiger charge is 2.25. The van der Waals surface area contributed by atoms with Crippen LogP contribution in [-0.4, -0.2) is 25.5 Å². The van der Waals surface area contributed by atoms with Crippen LogP contribution in [0.25, 0.3) is 0 Å². The quantitative estimate of drug-likeness (QED) is 0.763. The summed E-state index contributed by atoms with van der Waals surface area (Å²) in [7, 11) is 0. The van der Waals surface area contributed by atoms with Gasteiger partial charge in [0.1, 0.15) is 0 Å². The summed E-state index contributed by atoms with van der Waals surface area (Å²) in [5.41, 5.74) is 4.57. The maximum atomic E-state index is 12.5. The number of carbonyl (C=O) groups is 1. The van der Waals surface area contributed by atoms with E-state index in [2.05, 4.69) is 17.4 Å². The third kappa shape index (κ3) is 1.85. The molecular formula is C15H18N2O. The van der Waals surface area contributed by atoms with E-state index in [-0.39, 0.29) is 5.91 Å². The minimum Gasteiger partial charge on any atom is -0.309 e. The van der Waals surface area contributed by atoms with Gasteiger partial charge in [0.15, 0.2) is 0 Å². The molecule has 1 amide bonds. The van der Waals surface area contributed by atoms with Crippen LogP contribution in [0, 0.1) is 0 Å². The first-order chi connectivity index (χ1) is 8.77. The zero-order chi connectivity index (χ0) is 12.5. The molecule has 2 heterocycles. The van der Waals surface area contributed by atoms with Crippen molar-refractivity contribution in [1.29, 1.82) is 0 Å². The molecule has 0 unspecified atom stereocenters. The van der Waals surface area contributed by atoms with Crippen molar-refractivity contribution in [2.75, 3.05) is 24.5 Å². The molecule has 0 atom stereocenters. The summed E-state index contributed by atoms with van der Waals surface area (Å²) in [5, 5.41) is 3.19. The topological polar surface area (TPSA) is 32.3 Å². The number of para-hydroxylation sites is 1. The normalized spacial score (nSPS) is 18.1. The predicted molar refractivity (Wildman–Crippen MR) is 72.7 cm³/mol. The van der Waals surface area contributed by atoms with Gasteiger partial charge in [-0.25, -0.2) is 0 Å². The predicted octanol–water partition coefficient (Wildman–Crippen LogP) is 1.89. The van der Waals surface area contributed by atoms with Crippen molar-refractivity contribution < 1.29 is 4.79 Å². The highest BCUT2D eigenvalue weighted by atomic mass is 16.2. The molecule has 1 aromatic carbocycles. The lowest BCUT2D eigenvalue weighted by Gasteiger charge is -2.31. The van der Waals surface area contributed by atoms with Gasteiger partial charge in [-0.3, -0.25) is 4.79 Å². The molecule has 0 aliphatic carbocycles. The van der Waals surface area contributed by atoms with Gasteiger partial charge in [-0.2, -0.15) is 0 Å². The molecule has 0 radical (unpaired) electrons. The smallest absolute Gasteiger partial charge is 0.253 e. The van der Waals surface area contributed by atoms with E-state index in [4.69, 9.17) is 0 Å². The van der Waals surface area contributed by atoms with Gasteiger partial charge in [0.2, 0.25) is 0 Å². The summed E-state index contributed by atoms with van der Waals surface area (Å²) < 4.78 is 0. The molecule has 2 aliphatic heterocycles. The van der Waals surface area contributed by atoms with Crippen LogP contribution in [0.2, 0.25) is 0 Å². The number of anilines is 1. The molecular weight excluding hydrogens is 224 g/mol. The van der Waals surface area contributed by atoms with Crippen molar-refractivity contribution in [3.05, 3.63) is 41.0 Å². The van der Waals surface area contributed by atoms with Gasteiger partial charge >= 0.3 is 0 Å². The Balaban J connectivity index is 1.92. The van der Waals surface area contributed by atoms with Gasteiger partial charge in [-0.15, -0.1) is 0 Å². The van der Waals surface area contributed by atoms with Crippen LogP contribution in [0.3, 0.4) is 0 Å². The zero-order valence-corrected chi connectivity index (χ0v) is 10.7. The maximum Gasteiger partial charge on any atom is 0.253 e. The van der Waals surface area contributed by atoms with E-state index in [0.717, 1.165) is 43.7 Å². The summed E-state index contributed by atoms with van der Waals surface area (Å²) in [5.74, 6) is 0.179. The number of nitrogens with zero attached hydrogens (tertiary/aromatic N) is 1. The average molecular weight is 242 g/mol. The van der Waals surface area contributed by atoms with Gasteiger partial charge in [-0.05, 0) is 37.0 Å². The van der Waals surface area contributed by atoms with Gasteiger partial charge in [0.25, 0.3) is 5.91 Å². The molecule has 1 saturated heterocycles. The van der Waals surface area contributed by atoms with E-state index in [9.17, 15) is 4.79 Å². The largest absolute Gasteiger partial charge is 0.309 e. The molecule has 1 aromatic rings. The Labute approximate surface area is 107 Å². The van der Waals surface area contributed by atoms with Crippen LogP contribution < -0.4 is 10.2 Å². The number of hydrogen-bond donors (Lipinski definition) is 1. The van der Waals surface area contributed by atoms with E-state index in [1.807, 2.05) is 24.0 Å². The number of carbonyl (C=O) groups excluding carboxylic acids is 1. The number of aryl methyl sites for hydroxylation is 1. The minimum atomic E-state index is 0.179. The average Bonchev–Trinajstić information content (AvgIpc) is 2.35. The van der Waals surface area contributed by atoms with Crippen molar-refractivity contribution in [3.63, 3.8) is 0 Å². The summed E-state index contributed by atoms with van der Waals surface area (Å²) in [6.07, 6.45) is 2.14. The SMILES string of the molecule is CC(C(=O)N1CCCc2ccccc21)=C1CNC1. The van der Waals surface area contributed by atoms with E-state index >= 15 is 0 Å². The van der Waals surface area contributed by atoms with Crippen LogP contribution in [0.1, 0.15) is 18.9 Å². The molecule has 1 fully saturated rings. The minimum absolute atomic E-state index is 0.179. The first kappa shape index (κ1) is 11.5. The molecule has 3 rings (SSSR count). The first-order valence-corrected chi connectivity index (χ1v) is 6.56. The van der Waals surface area contributed by atoms with Crippen molar-refractivity contribution >= 4 is 11.6 Å². The van der Waals surface area contributed by atoms with Gasteiger partial charge < -0.3 is 10.2 Å². The molecule has 94 valence electrons. The van der Waals surface area contributed by atoms with E-state index in [0.29, 0.717) is 0 Å². The van der Waals surface area contributed by atoms with Crippen LogP contribution in [-0.2, 0) is 11.2 Å². The molecule has 0 bridgehead atoms. The van der Waals surface area contributed by atoms with E-state index in [1.54, 1.807) is 0 Å². The fourth-order valence-corrected chi connectivity index (χ4v) is 2.61. The molecule has 0 aromatic heterocycles. The van der Waals surface area contributed by atoms with Crippen LogP contribution >= 0.6 is 0 Å². The number of benzene rings is 1. The molecule has 0 spiro atoms. The summed E-state index contributed by atoms with van der Waals surface area (Å²) >= 11 is 0. The van der Waals surface area contributed by atoms with Crippen LogP contribution in [0.5, 0.6) is 0 Å². The lowest BCUT2D eigenvalue weighted by atomic mass is 9.99. The molecule has 1 N–H and O–H groups in total. The second kappa shape index (κ2) is 4.58. The zero-order valence-electron chi connectivity index (χ0n) is 10.7. The van der Waals surface area contributed by atoms with Crippen molar-refractivity contribution in [2.24, 2.45) is 0 Å². The highest BCUT2D eigenvalue weighted by molar-refractivity contribution is 6.06. The Bertz CT molecular complexity index is 513. The van der Waals surface area contributed by atoms with Crippen LogP contribution in [0.15, 0.2) is 35.4 Å². The monoisotopic (exact) mass is 242 g/mol. The Morgan fingerprint density at radius 2 is 2.06 bits per heavy atom. The number of fused-ring (bicyclic) bond motifs is 1. The van der Waals surface area contributed by atoms with Crippen molar-refractivity contribution in [1.82, 2.24) is 5.32 Å². The molecule has 18 heavy (non-hydrogen) atoms. The summed E-state index contributed by atoms with van der Waals surface area (Å²) in [6.45, 7) is 4.53. The lowest BCUT2D eigenvalue weighted by Crippen LogP contribution is -2.40. The van der Waals surface area contributed by atoms with Crippen LogP contribution in [0.4, 0.5) is 5.69 Å². The summed E-state index contributed by atoms with van der Waals surface area (Å²) in [6, 6.07) is 8.25. The van der Waals surface area contributed by atoms with Gasteiger partial charge in [0, 0.05) is 30.9 Å². The number of amides is 1. The second-order valence-electron chi connectivity index (χ2n) is 5.02. The standard InChI is InChI=1S/C15H18N2O/c1-11(13-9-16-10-13)15(18)17-8-4-6-12-5-2-3-7-14(12)17/h2-3,5,7,16H,4,6,8-10H2,1H3. The highest BCUT2D eigenvalue weighted by Crippen LogP contribution is 2.28. The maximum absolute atomic E-state index is 12.5. The first-order valence-electron chi connectivity index (χ1n) is 6.56. The third-order valence-corrected chi connectivity index (χ3v) is 3.88. The van der Waals surface area contributed by atoms with E-state index in [1.165, 1.54) is 11.1 Å². The van der Waals surface area contributed by atoms with Gasteiger partial charge in [-0.1, -0.05) is 18.2 Å².